The van der Waals surface area contributed by atoms with Gasteiger partial charge in [-0.25, -0.2) is 0 Å². The molecule has 0 aliphatic heterocycles. The third-order valence-electron chi connectivity index (χ3n) is 3.38. The molecule has 2 aromatic rings. The number of rotatable bonds is 6. The van der Waals surface area contributed by atoms with Crippen LogP contribution in [-0.2, 0) is 13.0 Å². The molecule has 3 nitrogen and oxygen atoms in total. The van der Waals surface area contributed by atoms with Gasteiger partial charge in [-0.05, 0) is 30.5 Å². The van der Waals surface area contributed by atoms with E-state index in [-0.39, 0.29) is 11.8 Å². The van der Waals surface area contributed by atoms with E-state index >= 15 is 0 Å². The smallest absolute Gasteiger partial charge is 0.179 e. The monoisotopic (exact) mass is 268 g/mol. The van der Waals surface area contributed by atoms with Crippen LogP contribution in [-0.4, -0.2) is 16.8 Å². The molecular formula is C17H20N2O. The van der Waals surface area contributed by atoms with Gasteiger partial charge in [-0.2, -0.15) is 0 Å². The van der Waals surface area contributed by atoms with Crippen LogP contribution in [0.15, 0.2) is 48.8 Å². The van der Waals surface area contributed by atoms with Crippen LogP contribution in [0.1, 0.15) is 35.3 Å². The summed E-state index contributed by atoms with van der Waals surface area (Å²) in [5.74, 6) is 0.122. The van der Waals surface area contributed by atoms with E-state index in [1.807, 2.05) is 43.3 Å². The third kappa shape index (κ3) is 3.75. The fourth-order valence-corrected chi connectivity index (χ4v) is 2.02. The van der Waals surface area contributed by atoms with Gasteiger partial charge >= 0.3 is 0 Å². The van der Waals surface area contributed by atoms with E-state index in [1.165, 1.54) is 5.56 Å². The molecule has 1 atom stereocenters. The van der Waals surface area contributed by atoms with Gasteiger partial charge in [-0.15, -0.1) is 0 Å². The molecule has 1 aromatic heterocycles. The first-order chi connectivity index (χ1) is 9.70. The van der Waals surface area contributed by atoms with Gasteiger partial charge in [-0.3, -0.25) is 9.78 Å². The highest BCUT2D eigenvalue weighted by Crippen LogP contribution is 2.08. The second-order valence-corrected chi connectivity index (χ2v) is 4.88. The number of benzene rings is 1. The maximum Gasteiger partial charge on any atom is 0.179 e. The average molecular weight is 268 g/mol. The number of carbonyl (C=O) groups excluding carboxylic acids is 1. The molecule has 1 heterocycles. The Hall–Kier alpha value is -2.00. The molecule has 0 saturated carbocycles. The van der Waals surface area contributed by atoms with Crippen LogP contribution >= 0.6 is 0 Å². The summed E-state index contributed by atoms with van der Waals surface area (Å²) in [6.45, 7) is 4.65. The summed E-state index contributed by atoms with van der Waals surface area (Å²) >= 11 is 0. The maximum atomic E-state index is 12.3. The van der Waals surface area contributed by atoms with Crippen molar-refractivity contribution in [3.8, 4) is 0 Å². The molecule has 2 rings (SSSR count). The number of carbonyl (C=O) groups is 1. The number of ketones is 1. The van der Waals surface area contributed by atoms with E-state index in [9.17, 15) is 4.79 Å². The standard InChI is InChI=1S/C17H20N2O/c1-3-14-6-8-16(9-7-14)17(20)13(2)19-12-15-5-4-10-18-11-15/h4-11,13,19H,3,12H2,1-2H3. The van der Waals surface area contributed by atoms with E-state index in [4.69, 9.17) is 0 Å². The topological polar surface area (TPSA) is 42.0 Å². The molecule has 0 fully saturated rings. The van der Waals surface area contributed by atoms with Gasteiger partial charge < -0.3 is 5.32 Å². The van der Waals surface area contributed by atoms with Gasteiger partial charge in [-0.1, -0.05) is 37.3 Å². The first-order valence-electron chi connectivity index (χ1n) is 6.96. The van der Waals surface area contributed by atoms with Gasteiger partial charge in [0.15, 0.2) is 5.78 Å². The highest BCUT2D eigenvalue weighted by Gasteiger charge is 2.14. The summed E-state index contributed by atoms with van der Waals surface area (Å²) in [7, 11) is 0. The highest BCUT2D eigenvalue weighted by atomic mass is 16.1. The molecule has 0 aliphatic carbocycles. The minimum absolute atomic E-state index is 0.122. The number of aryl methyl sites for hydroxylation is 1. The van der Waals surface area contributed by atoms with Crippen LogP contribution in [0.25, 0.3) is 0 Å². The summed E-state index contributed by atoms with van der Waals surface area (Å²) in [5.41, 5.74) is 3.08. The average Bonchev–Trinajstić information content (AvgIpc) is 2.53. The first-order valence-corrected chi connectivity index (χ1v) is 6.96. The Bertz CT molecular complexity index is 549. The van der Waals surface area contributed by atoms with Crippen LogP contribution in [0.3, 0.4) is 0 Å². The Labute approximate surface area is 120 Å². The fourth-order valence-electron chi connectivity index (χ4n) is 2.02. The van der Waals surface area contributed by atoms with Crippen LogP contribution in [0.5, 0.6) is 0 Å². The molecule has 1 aromatic carbocycles. The molecule has 0 spiro atoms. The number of nitrogens with zero attached hydrogens (tertiary/aromatic N) is 1. The van der Waals surface area contributed by atoms with Crippen LogP contribution in [0.2, 0.25) is 0 Å². The lowest BCUT2D eigenvalue weighted by molar-refractivity contribution is 0.0950. The summed E-state index contributed by atoms with van der Waals surface area (Å²) in [6, 6.07) is 11.5. The zero-order valence-electron chi connectivity index (χ0n) is 12.0. The summed E-state index contributed by atoms with van der Waals surface area (Å²) < 4.78 is 0. The molecule has 20 heavy (non-hydrogen) atoms. The predicted molar refractivity (Wildman–Crippen MR) is 80.7 cm³/mol. The normalized spacial score (nSPS) is 12.1. The molecule has 0 saturated heterocycles. The largest absolute Gasteiger partial charge is 0.303 e. The number of nitrogens with one attached hydrogen (secondary N) is 1. The van der Waals surface area contributed by atoms with Crippen molar-refractivity contribution < 1.29 is 4.79 Å². The van der Waals surface area contributed by atoms with Gasteiger partial charge in [0, 0.05) is 24.5 Å². The molecule has 0 amide bonds. The Morgan fingerprint density at radius 1 is 1.20 bits per heavy atom. The Morgan fingerprint density at radius 3 is 2.55 bits per heavy atom. The van der Waals surface area contributed by atoms with E-state index in [0.29, 0.717) is 6.54 Å². The van der Waals surface area contributed by atoms with E-state index in [0.717, 1.165) is 17.5 Å². The van der Waals surface area contributed by atoms with Crippen molar-refractivity contribution in [1.82, 2.24) is 10.3 Å². The van der Waals surface area contributed by atoms with Gasteiger partial charge in [0.05, 0.1) is 6.04 Å². The van der Waals surface area contributed by atoms with E-state index < -0.39 is 0 Å². The van der Waals surface area contributed by atoms with Gasteiger partial charge in [0.25, 0.3) is 0 Å². The lowest BCUT2D eigenvalue weighted by atomic mass is 10.0. The molecular weight excluding hydrogens is 248 g/mol. The Kier molecular flexibility index (Phi) is 5.02. The van der Waals surface area contributed by atoms with Crippen LogP contribution in [0, 0.1) is 0 Å². The quantitative estimate of drug-likeness (QED) is 0.819. The van der Waals surface area contributed by atoms with Gasteiger partial charge in [0.1, 0.15) is 0 Å². The lowest BCUT2D eigenvalue weighted by Gasteiger charge is -2.13. The maximum absolute atomic E-state index is 12.3. The van der Waals surface area contributed by atoms with Crippen molar-refractivity contribution in [2.45, 2.75) is 32.9 Å². The van der Waals surface area contributed by atoms with Gasteiger partial charge in [0.2, 0.25) is 0 Å². The SMILES string of the molecule is CCc1ccc(C(=O)C(C)NCc2cccnc2)cc1. The number of Topliss-reactive ketones (excluding diaryl/α,β-unsaturated/α-hetero) is 1. The zero-order valence-corrected chi connectivity index (χ0v) is 12.0. The summed E-state index contributed by atoms with van der Waals surface area (Å²) in [4.78, 5) is 16.3. The second kappa shape index (κ2) is 6.96. The first kappa shape index (κ1) is 14.4. The molecule has 0 aliphatic rings. The van der Waals surface area contributed by atoms with Crippen molar-refractivity contribution in [2.24, 2.45) is 0 Å². The molecule has 104 valence electrons. The number of hydrogen-bond donors (Lipinski definition) is 1. The predicted octanol–water partition coefficient (Wildman–Crippen LogP) is 3.01. The molecule has 3 heteroatoms. The Morgan fingerprint density at radius 2 is 1.95 bits per heavy atom. The minimum atomic E-state index is -0.206. The minimum Gasteiger partial charge on any atom is -0.303 e. The summed E-state index contributed by atoms with van der Waals surface area (Å²) in [6.07, 6.45) is 4.54. The third-order valence-corrected chi connectivity index (χ3v) is 3.38. The molecule has 1 unspecified atom stereocenters. The second-order valence-electron chi connectivity index (χ2n) is 4.88. The molecule has 1 N–H and O–H groups in total. The van der Waals surface area contributed by atoms with E-state index in [2.05, 4.69) is 17.2 Å². The van der Waals surface area contributed by atoms with Crippen molar-refractivity contribution in [1.29, 1.82) is 0 Å². The van der Waals surface area contributed by atoms with Crippen molar-refractivity contribution in [3.05, 3.63) is 65.5 Å². The van der Waals surface area contributed by atoms with Crippen molar-refractivity contribution in [3.63, 3.8) is 0 Å². The Balaban J connectivity index is 1.94. The van der Waals surface area contributed by atoms with E-state index in [1.54, 1.807) is 12.4 Å². The fraction of sp³-hybridized carbons (Fsp3) is 0.294. The van der Waals surface area contributed by atoms with Crippen molar-refractivity contribution >= 4 is 5.78 Å². The number of hydrogen-bond acceptors (Lipinski definition) is 3. The number of aromatic nitrogens is 1. The molecule has 0 radical (unpaired) electrons. The zero-order chi connectivity index (χ0) is 14.4. The van der Waals surface area contributed by atoms with Crippen molar-refractivity contribution in [2.75, 3.05) is 0 Å². The number of pyridine rings is 1. The highest BCUT2D eigenvalue weighted by molar-refractivity contribution is 5.99. The van der Waals surface area contributed by atoms with Crippen LogP contribution in [0.4, 0.5) is 0 Å². The van der Waals surface area contributed by atoms with Crippen LogP contribution < -0.4 is 5.32 Å². The molecule has 0 bridgehead atoms. The summed E-state index contributed by atoms with van der Waals surface area (Å²) in [5, 5.41) is 3.24. The lowest BCUT2D eigenvalue weighted by Crippen LogP contribution is -2.33.